The summed E-state index contributed by atoms with van der Waals surface area (Å²) >= 11 is 0. The van der Waals surface area contributed by atoms with Gasteiger partial charge in [-0.3, -0.25) is 9.59 Å². The molecule has 0 spiro atoms. The first kappa shape index (κ1) is 37.6. The monoisotopic (exact) mass is 623 g/mol. The molecule has 0 aliphatic carbocycles. The van der Waals surface area contributed by atoms with Gasteiger partial charge in [0.25, 0.3) is 0 Å². The number of carbonyl (C=O) groups excluding carboxylic acids is 3. The molecule has 8 heteroatoms. The minimum Gasteiger partial charge on any atom is -0.508 e. The summed E-state index contributed by atoms with van der Waals surface area (Å²) in [5, 5.41) is 15.9. The number of unbranched alkanes of at least 4 members (excludes halogenated alkanes) is 5. The molecule has 2 aromatic carbocycles. The predicted molar refractivity (Wildman–Crippen MR) is 181 cm³/mol. The van der Waals surface area contributed by atoms with E-state index in [-0.39, 0.29) is 30.0 Å². The van der Waals surface area contributed by atoms with Crippen molar-refractivity contribution >= 4 is 17.9 Å². The molecule has 0 aliphatic rings. The van der Waals surface area contributed by atoms with Crippen molar-refractivity contribution in [2.24, 2.45) is 0 Å². The number of hydrogen-bond donors (Lipinski definition) is 3. The summed E-state index contributed by atoms with van der Waals surface area (Å²) in [6.07, 6.45) is 7.35. The Hall–Kier alpha value is -3.55. The lowest BCUT2D eigenvalue weighted by atomic mass is 9.92. The van der Waals surface area contributed by atoms with Crippen LogP contribution in [-0.4, -0.2) is 52.1 Å². The summed E-state index contributed by atoms with van der Waals surface area (Å²) in [4.78, 5) is 43.7. The van der Waals surface area contributed by atoms with Gasteiger partial charge in [0.1, 0.15) is 23.4 Å². The molecule has 250 valence electrons. The zero-order valence-electron chi connectivity index (χ0n) is 28.9. The minimum absolute atomic E-state index is 0.0620. The average Bonchev–Trinajstić information content (AvgIpc) is 2.95. The van der Waals surface area contributed by atoms with Crippen LogP contribution in [-0.2, 0) is 20.7 Å². The average molecular weight is 624 g/mol. The predicted octanol–water partition coefficient (Wildman–Crippen LogP) is 7.68. The molecular weight excluding hydrogens is 566 g/mol. The minimum atomic E-state index is -1.00. The smallest absolute Gasteiger partial charge is 0.408 e. The van der Waals surface area contributed by atoms with Gasteiger partial charge in [0.2, 0.25) is 11.8 Å². The van der Waals surface area contributed by atoms with E-state index in [1.165, 1.54) is 6.42 Å². The molecule has 2 aromatic rings. The van der Waals surface area contributed by atoms with Crippen LogP contribution < -0.4 is 10.6 Å². The van der Waals surface area contributed by atoms with Crippen molar-refractivity contribution in [3.8, 4) is 5.75 Å². The fraction of sp³-hybridized carbons (Fsp3) is 0.595. The van der Waals surface area contributed by atoms with Crippen LogP contribution in [0.2, 0.25) is 0 Å². The topological polar surface area (TPSA) is 108 Å². The van der Waals surface area contributed by atoms with Gasteiger partial charge in [0, 0.05) is 19.0 Å². The molecule has 0 aliphatic heterocycles. The molecule has 0 saturated heterocycles. The molecule has 3 N–H and O–H groups in total. The highest BCUT2D eigenvalue weighted by molar-refractivity contribution is 5.93. The molecule has 3 amide bonds. The second-order valence-electron chi connectivity index (χ2n) is 13.3. The van der Waals surface area contributed by atoms with Crippen molar-refractivity contribution in [1.82, 2.24) is 15.5 Å². The number of phenols is 1. The number of rotatable bonds is 17. The van der Waals surface area contributed by atoms with Gasteiger partial charge in [-0.2, -0.15) is 0 Å². The van der Waals surface area contributed by atoms with Gasteiger partial charge in [-0.15, -0.1) is 0 Å². The number of carbonyl (C=O) groups is 3. The highest BCUT2D eigenvalue weighted by Crippen LogP contribution is 2.30. The Labute approximate surface area is 271 Å². The molecule has 0 radical (unpaired) electrons. The summed E-state index contributed by atoms with van der Waals surface area (Å²) in [6, 6.07) is 10.5. The number of nitrogens with one attached hydrogen (secondary N) is 2. The third kappa shape index (κ3) is 12.8. The SMILES string of the molecule is CCCCCCCCN(C(=O)C(Cc1ccc(O)cc1)NC(=O)OC(C)(C)C)C(C(=O)NC(C)CCC)c1c(C)cccc1C. The van der Waals surface area contributed by atoms with Crippen LogP contribution >= 0.6 is 0 Å². The van der Waals surface area contributed by atoms with Crippen molar-refractivity contribution in [3.63, 3.8) is 0 Å². The van der Waals surface area contributed by atoms with Gasteiger partial charge in [-0.25, -0.2) is 4.79 Å². The summed E-state index contributed by atoms with van der Waals surface area (Å²) in [7, 11) is 0. The maximum absolute atomic E-state index is 14.8. The van der Waals surface area contributed by atoms with E-state index in [4.69, 9.17) is 4.74 Å². The van der Waals surface area contributed by atoms with E-state index in [1.54, 1.807) is 49.9 Å². The molecule has 2 rings (SSSR count). The molecule has 8 nitrogen and oxygen atoms in total. The van der Waals surface area contributed by atoms with Crippen LogP contribution in [0.3, 0.4) is 0 Å². The number of amides is 3. The van der Waals surface area contributed by atoms with Gasteiger partial charge < -0.3 is 25.4 Å². The first-order chi connectivity index (χ1) is 21.3. The van der Waals surface area contributed by atoms with Gasteiger partial charge in [-0.1, -0.05) is 82.7 Å². The normalized spacial score (nSPS) is 13.4. The first-order valence-corrected chi connectivity index (χ1v) is 16.7. The van der Waals surface area contributed by atoms with E-state index in [0.717, 1.165) is 67.2 Å². The Bertz CT molecular complexity index is 1200. The lowest BCUT2D eigenvalue weighted by Crippen LogP contribution is -2.54. The van der Waals surface area contributed by atoms with E-state index in [2.05, 4.69) is 24.5 Å². The number of hydrogen-bond acceptors (Lipinski definition) is 5. The van der Waals surface area contributed by atoms with Crippen LogP contribution in [0.1, 0.15) is 121 Å². The Balaban J connectivity index is 2.61. The number of benzene rings is 2. The molecule has 0 saturated carbocycles. The summed E-state index contributed by atoms with van der Waals surface area (Å²) in [5.41, 5.74) is 2.65. The zero-order chi connectivity index (χ0) is 33.6. The molecule has 0 aromatic heterocycles. The third-order valence-electron chi connectivity index (χ3n) is 7.89. The van der Waals surface area contributed by atoms with Gasteiger partial charge in [0.05, 0.1) is 0 Å². The van der Waals surface area contributed by atoms with Crippen LogP contribution in [0.4, 0.5) is 4.79 Å². The second-order valence-corrected chi connectivity index (χ2v) is 13.3. The largest absolute Gasteiger partial charge is 0.508 e. The van der Waals surface area contributed by atoms with Gasteiger partial charge >= 0.3 is 6.09 Å². The number of aromatic hydroxyl groups is 1. The van der Waals surface area contributed by atoms with Crippen molar-refractivity contribution in [2.75, 3.05) is 6.54 Å². The molecule has 3 atom stereocenters. The van der Waals surface area contributed by atoms with Crippen molar-refractivity contribution < 1.29 is 24.2 Å². The quantitative estimate of drug-likeness (QED) is 0.157. The zero-order valence-corrected chi connectivity index (χ0v) is 28.9. The third-order valence-corrected chi connectivity index (χ3v) is 7.89. The number of ether oxygens (including phenoxy) is 1. The fourth-order valence-electron chi connectivity index (χ4n) is 5.66. The highest BCUT2D eigenvalue weighted by atomic mass is 16.6. The van der Waals surface area contributed by atoms with E-state index in [1.807, 2.05) is 39.0 Å². The maximum atomic E-state index is 14.8. The fourth-order valence-corrected chi connectivity index (χ4v) is 5.66. The molecule has 0 fully saturated rings. The first-order valence-electron chi connectivity index (χ1n) is 16.7. The Kier molecular flexibility index (Phi) is 15.4. The number of nitrogens with zero attached hydrogens (tertiary/aromatic N) is 1. The van der Waals surface area contributed by atoms with E-state index >= 15 is 0 Å². The summed E-state index contributed by atoms with van der Waals surface area (Å²) in [5.74, 6) is -0.471. The summed E-state index contributed by atoms with van der Waals surface area (Å²) in [6.45, 7) is 15.9. The molecule has 3 unspecified atom stereocenters. The molecular formula is C37H57N3O5. The van der Waals surface area contributed by atoms with Crippen LogP contribution in [0.25, 0.3) is 0 Å². The Morgan fingerprint density at radius 2 is 1.47 bits per heavy atom. The standard InChI is InChI=1S/C37H57N3O5/c1-9-11-12-13-14-15-24-40(33(34(42)38-28(5)17-10-2)32-26(3)18-16-19-27(32)4)35(43)31(39-36(44)45-37(6,7)8)25-29-20-22-30(41)23-21-29/h16,18-23,28,31,33,41H,9-15,17,24-25H2,1-8H3,(H,38,42)(H,39,44). The number of phenolic OH excluding ortho intramolecular Hbond substituents is 1. The molecule has 0 bridgehead atoms. The van der Waals surface area contributed by atoms with Crippen molar-refractivity contribution in [1.29, 1.82) is 0 Å². The van der Waals surface area contributed by atoms with E-state index in [9.17, 15) is 19.5 Å². The lowest BCUT2D eigenvalue weighted by Gasteiger charge is -2.36. The van der Waals surface area contributed by atoms with Crippen molar-refractivity contribution in [2.45, 2.75) is 137 Å². The second kappa shape index (κ2) is 18.4. The highest BCUT2D eigenvalue weighted by Gasteiger charge is 2.37. The summed E-state index contributed by atoms with van der Waals surface area (Å²) < 4.78 is 5.56. The van der Waals surface area contributed by atoms with E-state index in [0.29, 0.717) is 6.54 Å². The van der Waals surface area contributed by atoms with Crippen LogP contribution in [0, 0.1) is 13.8 Å². The Morgan fingerprint density at radius 1 is 0.867 bits per heavy atom. The lowest BCUT2D eigenvalue weighted by molar-refractivity contribution is -0.143. The number of alkyl carbamates (subject to hydrolysis) is 1. The maximum Gasteiger partial charge on any atom is 0.408 e. The molecule has 0 heterocycles. The Morgan fingerprint density at radius 3 is 2.04 bits per heavy atom. The van der Waals surface area contributed by atoms with Crippen LogP contribution in [0.15, 0.2) is 42.5 Å². The van der Waals surface area contributed by atoms with Gasteiger partial charge in [0.15, 0.2) is 0 Å². The van der Waals surface area contributed by atoms with E-state index < -0.39 is 23.8 Å². The van der Waals surface area contributed by atoms with Crippen molar-refractivity contribution in [3.05, 3.63) is 64.7 Å². The molecule has 45 heavy (non-hydrogen) atoms. The number of aryl methyl sites for hydroxylation is 2. The van der Waals surface area contributed by atoms with Gasteiger partial charge in [-0.05, 0) is 88.8 Å². The van der Waals surface area contributed by atoms with Crippen LogP contribution in [0.5, 0.6) is 5.75 Å².